The Morgan fingerprint density at radius 2 is 1.82 bits per heavy atom. The molecule has 0 heterocycles. The van der Waals surface area contributed by atoms with E-state index in [0.29, 0.717) is 0 Å². The molecule has 4 heteroatoms. The van der Waals surface area contributed by atoms with E-state index in [-0.39, 0.29) is 17.5 Å². The van der Waals surface area contributed by atoms with Crippen LogP contribution in [-0.4, -0.2) is 60.1 Å². The first-order valence-corrected chi connectivity index (χ1v) is 6.40. The topological polar surface area (TPSA) is 43.8 Å². The van der Waals surface area contributed by atoms with Crippen molar-refractivity contribution in [3.8, 4) is 0 Å². The SMILES string of the molecule is CC(C(=O)O)C(C)N(C)CC1(N(C)C)CCC1. The molecule has 0 aliphatic heterocycles. The lowest BCUT2D eigenvalue weighted by Crippen LogP contribution is -2.58. The van der Waals surface area contributed by atoms with Gasteiger partial charge in [0.25, 0.3) is 0 Å². The van der Waals surface area contributed by atoms with Crippen LogP contribution in [0.4, 0.5) is 0 Å². The summed E-state index contributed by atoms with van der Waals surface area (Å²) in [5, 5.41) is 9.04. The van der Waals surface area contributed by atoms with Crippen molar-refractivity contribution in [1.29, 1.82) is 0 Å². The lowest BCUT2D eigenvalue weighted by Gasteiger charge is -2.50. The van der Waals surface area contributed by atoms with Crippen molar-refractivity contribution >= 4 is 5.97 Å². The molecule has 2 atom stereocenters. The minimum atomic E-state index is -0.711. The predicted molar refractivity (Wildman–Crippen MR) is 69.2 cm³/mol. The molecule has 17 heavy (non-hydrogen) atoms. The van der Waals surface area contributed by atoms with Crippen molar-refractivity contribution < 1.29 is 9.90 Å². The molecule has 0 amide bonds. The van der Waals surface area contributed by atoms with Crippen molar-refractivity contribution in [2.75, 3.05) is 27.7 Å². The molecule has 0 aromatic carbocycles. The lowest BCUT2D eigenvalue weighted by atomic mass is 9.75. The summed E-state index contributed by atoms with van der Waals surface area (Å²) in [7, 11) is 6.28. The van der Waals surface area contributed by atoms with Crippen molar-refractivity contribution in [3.63, 3.8) is 0 Å². The number of hydrogen-bond acceptors (Lipinski definition) is 3. The molecule has 1 aliphatic rings. The maximum absolute atomic E-state index is 11.0. The first kappa shape index (κ1) is 14.5. The Labute approximate surface area is 105 Å². The normalized spacial score (nSPS) is 22.3. The zero-order valence-corrected chi connectivity index (χ0v) is 11.7. The first-order valence-electron chi connectivity index (χ1n) is 6.40. The molecule has 0 radical (unpaired) electrons. The van der Waals surface area contributed by atoms with E-state index in [1.165, 1.54) is 19.3 Å². The summed E-state index contributed by atoms with van der Waals surface area (Å²) >= 11 is 0. The quantitative estimate of drug-likeness (QED) is 0.767. The van der Waals surface area contributed by atoms with Crippen molar-refractivity contribution in [2.45, 2.75) is 44.7 Å². The standard InChI is InChI=1S/C13H26N2O2/c1-10(12(16)17)11(2)15(5)9-13(14(3)4)7-6-8-13/h10-11H,6-9H2,1-5H3,(H,16,17). The van der Waals surface area contributed by atoms with Crippen LogP contribution < -0.4 is 0 Å². The van der Waals surface area contributed by atoms with Crippen LogP contribution in [0.1, 0.15) is 33.1 Å². The number of likely N-dealkylation sites (N-methyl/N-ethyl adjacent to an activating group) is 2. The highest BCUT2D eigenvalue weighted by Gasteiger charge is 2.41. The van der Waals surface area contributed by atoms with Crippen molar-refractivity contribution in [2.24, 2.45) is 5.92 Å². The summed E-state index contributed by atoms with van der Waals surface area (Å²) in [6.07, 6.45) is 3.73. The molecule has 4 nitrogen and oxygen atoms in total. The van der Waals surface area contributed by atoms with Crippen LogP contribution >= 0.6 is 0 Å². The molecule has 0 saturated heterocycles. The van der Waals surface area contributed by atoms with Gasteiger partial charge in [0.1, 0.15) is 0 Å². The Kier molecular flexibility index (Phi) is 4.55. The van der Waals surface area contributed by atoms with Crippen LogP contribution in [0.5, 0.6) is 0 Å². The Morgan fingerprint density at radius 3 is 2.12 bits per heavy atom. The number of carboxylic acid groups (broad SMARTS) is 1. The maximum Gasteiger partial charge on any atom is 0.307 e. The van der Waals surface area contributed by atoms with Gasteiger partial charge in [-0.25, -0.2) is 0 Å². The third-order valence-electron chi connectivity index (χ3n) is 4.59. The van der Waals surface area contributed by atoms with Gasteiger partial charge in [-0.2, -0.15) is 0 Å². The number of carboxylic acids is 1. The fourth-order valence-corrected chi connectivity index (χ4v) is 2.53. The second-order valence-corrected chi connectivity index (χ2v) is 5.75. The zero-order chi connectivity index (χ0) is 13.2. The van der Waals surface area contributed by atoms with Crippen LogP contribution in [-0.2, 0) is 4.79 Å². The second kappa shape index (κ2) is 5.36. The van der Waals surface area contributed by atoms with Gasteiger partial charge in [-0.1, -0.05) is 6.92 Å². The van der Waals surface area contributed by atoms with Crippen LogP contribution in [0.2, 0.25) is 0 Å². The van der Waals surface area contributed by atoms with Gasteiger partial charge in [0.15, 0.2) is 0 Å². The van der Waals surface area contributed by atoms with E-state index in [9.17, 15) is 4.79 Å². The molecule has 0 aromatic heterocycles. The summed E-state index contributed by atoms with van der Waals surface area (Å²) < 4.78 is 0. The number of aliphatic carboxylic acids is 1. The fourth-order valence-electron chi connectivity index (χ4n) is 2.53. The first-order chi connectivity index (χ1) is 7.80. The molecule has 1 aliphatic carbocycles. The molecule has 2 unspecified atom stereocenters. The monoisotopic (exact) mass is 242 g/mol. The van der Waals surface area contributed by atoms with Gasteiger partial charge in [0.05, 0.1) is 5.92 Å². The molecular formula is C13H26N2O2. The van der Waals surface area contributed by atoms with Gasteiger partial charge < -0.3 is 14.9 Å². The van der Waals surface area contributed by atoms with Gasteiger partial charge in [-0.05, 0) is 47.3 Å². The number of nitrogens with zero attached hydrogens (tertiary/aromatic N) is 2. The van der Waals surface area contributed by atoms with E-state index in [0.717, 1.165) is 6.54 Å². The lowest BCUT2D eigenvalue weighted by molar-refractivity contribution is -0.143. The molecule has 1 saturated carbocycles. The Bertz CT molecular complexity index is 275. The number of carbonyl (C=O) groups is 1. The zero-order valence-electron chi connectivity index (χ0n) is 11.7. The third-order valence-corrected chi connectivity index (χ3v) is 4.59. The fraction of sp³-hybridized carbons (Fsp3) is 0.923. The van der Waals surface area contributed by atoms with E-state index >= 15 is 0 Å². The molecule has 1 N–H and O–H groups in total. The Morgan fingerprint density at radius 1 is 1.29 bits per heavy atom. The van der Waals surface area contributed by atoms with E-state index in [1.54, 1.807) is 6.92 Å². The highest BCUT2D eigenvalue weighted by atomic mass is 16.4. The van der Waals surface area contributed by atoms with Gasteiger partial charge in [0.2, 0.25) is 0 Å². The van der Waals surface area contributed by atoms with Gasteiger partial charge in [0, 0.05) is 18.1 Å². The maximum atomic E-state index is 11.0. The minimum Gasteiger partial charge on any atom is -0.481 e. The summed E-state index contributed by atoms with van der Waals surface area (Å²) in [6.45, 7) is 4.74. The molecular weight excluding hydrogens is 216 g/mol. The Balaban J connectivity index is 2.59. The average molecular weight is 242 g/mol. The van der Waals surface area contributed by atoms with E-state index in [4.69, 9.17) is 5.11 Å². The van der Waals surface area contributed by atoms with Gasteiger partial charge in [-0.3, -0.25) is 4.79 Å². The number of hydrogen-bond donors (Lipinski definition) is 1. The summed E-state index contributed by atoms with van der Waals surface area (Å²) in [5.74, 6) is -1.03. The highest BCUT2D eigenvalue weighted by molar-refractivity contribution is 5.70. The third kappa shape index (κ3) is 2.99. The Hall–Kier alpha value is -0.610. The van der Waals surface area contributed by atoms with Crippen molar-refractivity contribution in [1.82, 2.24) is 9.80 Å². The average Bonchev–Trinajstić information content (AvgIpc) is 2.20. The van der Waals surface area contributed by atoms with Crippen LogP contribution in [0.3, 0.4) is 0 Å². The van der Waals surface area contributed by atoms with Gasteiger partial charge >= 0.3 is 5.97 Å². The molecule has 1 fully saturated rings. The second-order valence-electron chi connectivity index (χ2n) is 5.75. The van der Waals surface area contributed by atoms with Gasteiger partial charge in [-0.15, -0.1) is 0 Å². The van der Waals surface area contributed by atoms with Crippen LogP contribution in [0.25, 0.3) is 0 Å². The van der Waals surface area contributed by atoms with Crippen LogP contribution in [0, 0.1) is 5.92 Å². The molecule has 0 aromatic rings. The summed E-state index contributed by atoms with van der Waals surface area (Å²) in [6, 6.07) is 0.0740. The largest absolute Gasteiger partial charge is 0.481 e. The summed E-state index contributed by atoms with van der Waals surface area (Å²) in [4.78, 5) is 15.5. The highest BCUT2D eigenvalue weighted by Crippen LogP contribution is 2.37. The smallest absolute Gasteiger partial charge is 0.307 e. The number of rotatable bonds is 6. The minimum absolute atomic E-state index is 0.0740. The van der Waals surface area contributed by atoms with Crippen LogP contribution in [0.15, 0.2) is 0 Å². The van der Waals surface area contributed by atoms with E-state index < -0.39 is 5.97 Å². The van der Waals surface area contributed by atoms with Crippen molar-refractivity contribution in [3.05, 3.63) is 0 Å². The molecule has 0 bridgehead atoms. The van der Waals surface area contributed by atoms with E-state index in [1.807, 2.05) is 14.0 Å². The molecule has 100 valence electrons. The summed E-state index contributed by atoms with van der Waals surface area (Å²) in [5.41, 5.74) is 0.265. The molecule has 0 spiro atoms. The predicted octanol–water partition coefficient (Wildman–Crippen LogP) is 1.51. The van der Waals surface area contributed by atoms with E-state index in [2.05, 4.69) is 23.9 Å². The molecule has 1 rings (SSSR count).